The highest BCUT2D eigenvalue weighted by molar-refractivity contribution is 5.62. The Hall–Kier alpha value is -3.93. The number of nitrogens with one attached hydrogen (secondary N) is 1. The molecule has 0 radical (unpaired) electrons. The largest absolute Gasteiger partial charge is 0.504 e. The van der Waals surface area contributed by atoms with Crippen LogP contribution in [0.2, 0.25) is 0 Å². The van der Waals surface area contributed by atoms with Gasteiger partial charge in [0.25, 0.3) is 0 Å². The molecular formula is C26H24N2O4. The number of aromatic hydroxyl groups is 2. The first kappa shape index (κ1) is 20.0. The summed E-state index contributed by atoms with van der Waals surface area (Å²) in [5.74, 6) is 1.04. The van der Waals surface area contributed by atoms with Gasteiger partial charge >= 0.3 is 0 Å². The number of H-pyrrole nitrogens is 1. The number of methoxy groups -OCH3 is 2. The summed E-state index contributed by atoms with van der Waals surface area (Å²) in [6.45, 7) is 0. The molecule has 1 aliphatic rings. The first-order chi connectivity index (χ1) is 15.5. The first-order valence-electron chi connectivity index (χ1n) is 10.4. The number of nitrogens with zero attached hydrogens (tertiary/aromatic N) is 1. The second-order valence-corrected chi connectivity index (χ2v) is 8.15. The van der Waals surface area contributed by atoms with Crippen LogP contribution in [-0.4, -0.2) is 34.6 Å². The average molecular weight is 428 g/mol. The molecule has 0 atom stereocenters. The molecule has 2 bridgehead atoms. The van der Waals surface area contributed by atoms with Gasteiger partial charge in [-0.25, -0.2) is 0 Å². The summed E-state index contributed by atoms with van der Waals surface area (Å²) < 4.78 is 10.8. The van der Waals surface area contributed by atoms with E-state index in [1.165, 1.54) is 11.1 Å². The Balaban J connectivity index is 1.70. The maximum atomic E-state index is 10.2. The zero-order valence-electron chi connectivity index (χ0n) is 17.9. The molecule has 1 heterocycles. The molecule has 0 saturated carbocycles. The molecular weight excluding hydrogens is 404 g/mol. The van der Waals surface area contributed by atoms with Gasteiger partial charge in [-0.2, -0.15) is 5.10 Å². The van der Waals surface area contributed by atoms with Crippen molar-refractivity contribution in [2.24, 2.45) is 0 Å². The molecule has 3 aromatic carbocycles. The predicted octanol–water partition coefficient (Wildman–Crippen LogP) is 4.32. The van der Waals surface area contributed by atoms with Gasteiger partial charge in [-0.05, 0) is 64.6 Å². The van der Waals surface area contributed by atoms with E-state index in [9.17, 15) is 10.2 Å². The number of phenolic OH excluding ortho intramolecular Hbond substituents is 2. The molecule has 0 unspecified atom stereocenters. The lowest BCUT2D eigenvalue weighted by Gasteiger charge is -2.32. The van der Waals surface area contributed by atoms with Crippen LogP contribution in [0.15, 0.2) is 66.9 Å². The van der Waals surface area contributed by atoms with E-state index in [2.05, 4.69) is 28.4 Å². The Morgan fingerprint density at radius 3 is 2.06 bits per heavy atom. The molecule has 6 heteroatoms. The average Bonchev–Trinajstić information content (AvgIpc) is 3.40. The van der Waals surface area contributed by atoms with Crippen molar-refractivity contribution >= 4 is 0 Å². The number of hydrogen-bond donors (Lipinski definition) is 3. The number of aromatic nitrogens is 2. The fourth-order valence-corrected chi connectivity index (χ4v) is 4.81. The van der Waals surface area contributed by atoms with Crippen LogP contribution in [0, 0.1) is 0 Å². The van der Waals surface area contributed by atoms with Gasteiger partial charge in [0.2, 0.25) is 0 Å². The summed E-state index contributed by atoms with van der Waals surface area (Å²) in [5.41, 5.74) is 6.09. The maximum absolute atomic E-state index is 10.2. The van der Waals surface area contributed by atoms with Gasteiger partial charge in [-0.15, -0.1) is 0 Å². The van der Waals surface area contributed by atoms with Crippen molar-refractivity contribution in [3.63, 3.8) is 0 Å². The van der Waals surface area contributed by atoms with Crippen LogP contribution in [0.3, 0.4) is 0 Å². The molecule has 6 nitrogen and oxygen atoms in total. The predicted molar refractivity (Wildman–Crippen MR) is 121 cm³/mol. The minimum absolute atomic E-state index is 0.0966. The van der Waals surface area contributed by atoms with Crippen molar-refractivity contribution in [2.75, 3.05) is 14.2 Å². The van der Waals surface area contributed by atoms with Crippen molar-refractivity contribution in [1.82, 2.24) is 10.2 Å². The molecule has 0 aliphatic heterocycles. The Kier molecular flexibility index (Phi) is 4.78. The zero-order chi connectivity index (χ0) is 22.3. The normalized spacial score (nSPS) is 13.8. The van der Waals surface area contributed by atoms with E-state index < -0.39 is 5.41 Å². The molecule has 0 fully saturated rings. The van der Waals surface area contributed by atoms with Crippen LogP contribution in [0.4, 0.5) is 0 Å². The lowest BCUT2D eigenvalue weighted by molar-refractivity contribution is 0.370. The molecule has 3 N–H and O–H groups in total. The molecule has 5 rings (SSSR count). The summed E-state index contributed by atoms with van der Waals surface area (Å²) in [5, 5.41) is 27.5. The van der Waals surface area contributed by atoms with Crippen LogP contribution in [-0.2, 0) is 18.3 Å². The third-order valence-electron chi connectivity index (χ3n) is 6.31. The van der Waals surface area contributed by atoms with Crippen LogP contribution >= 0.6 is 0 Å². The number of aromatic amines is 1. The number of phenols is 2. The van der Waals surface area contributed by atoms with Crippen LogP contribution in [0.1, 0.15) is 33.5 Å². The molecule has 0 spiro atoms. The Labute approximate surface area is 186 Å². The minimum atomic E-state index is -0.510. The fourth-order valence-electron chi connectivity index (χ4n) is 4.81. The Morgan fingerprint density at radius 1 is 0.844 bits per heavy atom. The monoisotopic (exact) mass is 428 g/mol. The minimum Gasteiger partial charge on any atom is -0.504 e. The van der Waals surface area contributed by atoms with E-state index in [4.69, 9.17) is 9.47 Å². The fraction of sp³-hybridized carbons (Fsp3) is 0.192. The van der Waals surface area contributed by atoms with Gasteiger partial charge < -0.3 is 19.7 Å². The van der Waals surface area contributed by atoms with Gasteiger partial charge in [-0.3, -0.25) is 5.10 Å². The van der Waals surface area contributed by atoms with E-state index in [0.29, 0.717) is 11.5 Å². The second kappa shape index (κ2) is 7.64. The summed E-state index contributed by atoms with van der Waals surface area (Å²) >= 11 is 0. The molecule has 162 valence electrons. The first-order valence-corrected chi connectivity index (χ1v) is 10.4. The zero-order valence-corrected chi connectivity index (χ0v) is 17.9. The summed E-state index contributed by atoms with van der Waals surface area (Å²) in [6, 6.07) is 19.6. The summed E-state index contributed by atoms with van der Waals surface area (Å²) in [4.78, 5) is 0. The van der Waals surface area contributed by atoms with E-state index >= 15 is 0 Å². The van der Waals surface area contributed by atoms with Gasteiger partial charge in [0.05, 0.1) is 14.2 Å². The van der Waals surface area contributed by atoms with E-state index in [0.717, 1.165) is 35.2 Å². The van der Waals surface area contributed by atoms with Gasteiger partial charge in [0.15, 0.2) is 23.0 Å². The van der Waals surface area contributed by atoms with Crippen LogP contribution in [0.5, 0.6) is 23.0 Å². The Morgan fingerprint density at radius 2 is 1.50 bits per heavy atom. The molecule has 0 saturated heterocycles. The van der Waals surface area contributed by atoms with Crippen molar-refractivity contribution in [1.29, 1.82) is 0 Å². The molecule has 4 aromatic rings. The lowest BCUT2D eigenvalue weighted by Crippen LogP contribution is -2.28. The molecule has 32 heavy (non-hydrogen) atoms. The van der Waals surface area contributed by atoms with Gasteiger partial charge in [0, 0.05) is 23.7 Å². The highest BCUT2D eigenvalue weighted by atomic mass is 16.5. The smallest absolute Gasteiger partial charge is 0.160 e. The molecule has 0 amide bonds. The van der Waals surface area contributed by atoms with Crippen LogP contribution < -0.4 is 9.47 Å². The molecule has 1 aliphatic carbocycles. The summed E-state index contributed by atoms with van der Waals surface area (Å²) in [7, 11) is 3.10. The Bertz CT molecular complexity index is 1230. The van der Waals surface area contributed by atoms with Crippen molar-refractivity contribution < 1.29 is 19.7 Å². The number of benzene rings is 3. The summed E-state index contributed by atoms with van der Waals surface area (Å²) in [6.07, 6.45) is 3.26. The number of ether oxygens (including phenoxy) is 2. The number of fused-ring (bicyclic) bond motifs is 2. The van der Waals surface area contributed by atoms with E-state index in [1.54, 1.807) is 32.5 Å². The van der Waals surface area contributed by atoms with Gasteiger partial charge in [-0.1, -0.05) is 30.3 Å². The third kappa shape index (κ3) is 3.15. The standard InChI is InChI=1S/C26H24N2O4/c1-31-24-13-18(3-5-22(24)29)26(19-4-6-23(30)25(14-19)32-2)15-17-9-16(10-20(26)11-17)12-21-7-8-27-28-21/h3-11,13-14,29-30H,12,15H2,1-2H3,(H,27,28). The molecule has 1 aromatic heterocycles. The number of rotatable bonds is 6. The highest BCUT2D eigenvalue weighted by Gasteiger charge is 2.42. The van der Waals surface area contributed by atoms with Crippen LogP contribution in [0.25, 0.3) is 0 Å². The van der Waals surface area contributed by atoms with Crippen molar-refractivity contribution in [3.05, 3.63) is 100 Å². The lowest BCUT2D eigenvalue weighted by atomic mass is 9.70. The number of hydrogen-bond acceptors (Lipinski definition) is 5. The van der Waals surface area contributed by atoms with Crippen molar-refractivity contribution in [3.8, 4) is 23.0 Å². The SMILES string of the molecule is COc1cc(C2(c3ccc(O)c(OC)c3)Cc3cc(Cc4ccn[nH]4)cc2c3)ccc1O. The highest BCUT2D eigenvalue weighted by Crippen LogP contribution is 2.50. The van der Waals surface area contributed by atoms with Crippen molar-refractivity contribution in [2.45, 2.75) is 18.3 Å². The second-order valence-electron chi connectivity index (χ2n) is 8.15. The van der Waals surface area contributed by atoms with Gasteiger partial charge in [0.1, 0.15) is 0 Å². The van der Waals surface area contributed by atoms with E-state index in [-0.39, 0.29) is 11.5 Å². The third-order valence-corrected chi connectivity index (χ3v) is 6.31. The quantitative estimate of drug-likeness (QED) is 0.426. The van der Waals surface area contributed by atoms with E-state index in [1.807, 2.05) is 30.3 Å². The topological polar surface area (TPSA) is 87.6 Å². The maximum Gasteiger partial charge on any atom is 0.160 e.